The van der Waals surface area contributed by atoms with Gasteiger partial charge in [-0.1, -0.05) is 6.07 Å². The van der Waals surface area contributed by atoms with Gasteiger partial charge in [0.2, 0.25) is 5.91 Å². The Hall–Kier alpha value is -3.59. The van der Waals surface area contributed by atoms with Gasteiger partial charge in [-0.25, -0.2) is 9.37 Å². The molecule has 3 aromatic rings. The molecule has 2 saturated heterocycles. The molecule has 4 heterocycles. The fourth-order valence-corrected chi connectivity index (χ4v) is 4.90. The molecule has 8 nitrogen and oxygen atoms in total. The number of carbonyl (C=O) groups excluding carboxylic acids is 2. The number of aromatic nitrogens is 2. The van der Waals surface area contributed by atoms with Crippen molar-refractivity contribution < 1.29 is 14.0 Å². The van der Waals surface area contributed by atoms with Gasteiger partial charge in [0.15, 0.2) is 0 Å². The molecule has 2 aromatic heterocycles. The molecule has 2 aliphatic heterocycles. The van der Waals surface area contributed by atoms with E-state index in [1.54, 1.807) is 23.2 Å². The van der Waals surface area contributed by atoms with E-state index in [2.05, 4.69) is 9.88 Å². The predicted octanol–water partition coefficient (Wildman–Crippen LogP) is 2.03. The first-order valence-electron chi connectivity index (χ1n) is 12.0. The summed E-state index contributed by atoms with van der Waals surface area (Å²) in [5.41, 5.74) is 1.74. The number of nitrogens with zero attached hydrogens (tertiary/aromatic N) is 5. The lowest BCUT2D eigenvalue weighted by Gasteiger charge is -2.38. The van der Waals surface area contributed by atoms with Crippen molar-refractivity contribution >= 4 is 17.5 Å². The van der Waals surface area contributed by atoms with Crippen LogP contribution in [0.25, 0.3) is 5.65 Å². The molecule has 0 spiro atoms. The van der Waals surface area contributed by atoms with Crippen LogP contribution in [0.5, 0.6) is 0 Å². The van der Waals surface area contributed by atoms with Crippen LogP contribution in [-0.2, 0) is 11.3 Å². The maximum atomic E-state index is 13.1. The van der Waals surface area contributed by atoms with Crippen LogP contribution in [0.3, 0.4) is 0 Å². The summed E-state index contributed by atoms with van der Waals surface area (Å²) in [5, 5.41) is 0. The Morgan fingerprint density at radius 3 is 2.34 bits per heavy atom. The molecule has 0 saturated carbocycles. The van der Waals surface area contributed by atoms with E-state index < -0.39 is 0 Å². The van der Waals surface area contributed by atoms with Crippen LogP contribution < -0.4 is 5.56 Å². The van der Waals surface area contributed by atoms with Gasteiger partial charge in [-0.2, -0.15) is 0 Å². The number of amides is 2. The van der Waals surface area contributed by atoms with Crippen LogP contribution >= 0.6 is 0 Å². The lowest BCUT2D eigenvalue weighted by molar-refractivity contribution is -0.138. The molecule has 182 valence electrons. The Morgan fingerprint density at radius 1 is 0.914 bits per heavy atom. The number of rotatable bonds is 4. The Balaban J connectivity index is 1.11. The average molecular weight is 478 g/mol. The summed E-state index contributed by atoms with van der Waals surface area (Å²) in [7, 11) is 0. The Morgan fingerprint density at radius 2 is 1.63 bits per heavy atom. The summed E-state index contributed by atoms with van der Waals surface area (Å²) in [5.74, 6) is -0.415. The van der Waals surface area contributed by atoms with E-state index in [9.17, 15) is 18.8 Å². The molecule has 0 aliphatic carbocycles. The minimum atomic E-state index is -0.367. The molecule has 2 amide bonds. The molecule has 0 atom stereocenters. The zero-order chi connectivity index (χ0) is 24.4. The summed E-state index contributed by atoms with van der Waals surface area (Å²) >= 11 is 0. The number of likely N-dealkylation sites (tertiary alicyclic amines) is 1. The number of hydrogen-bond acceptors (Lipinski definition) is 5. The van der Waals surface area contributed by atoms with Crippen LogP contribution in [-0.4, -0.2) is 75.2 Å². The lowest BCUT2D eigenvalue weighted by atomic mass is 9.94. The molecule has 2 fully saturated rings. The highest BCUT2D eigenvalue weighted by Crippen LogP contribution is 2.22. The largest absolute Gasteiger partial charge is 0.340 e. The molecule has 2 aliphatic rings. The van der Waals surface area contributed by atoms with Crippen LogP contribution in [0, 0.1) is 11.7 Å². The topological polar surface area (TPSA) is 78.2 Å². The van der Waals surface area contributed by atoms with Crippen molar-refractivity contribution in [1.29, 1.82) is 0 Å². The standard InChI is InChI=1S/C26H28FN5O3/c27-21-6-4-19(5-7-21)25(34)30-11-8-20(9-12-30)26(35)31-15-13-29(14-16-31)18-22-17-24(33)32-10-2-1-3-23(32)28-22/h1-7,10,17,20H,8-9,11-16,18H2. The van der Waals surface area contributed by atoms with E-state index in [4.69, 9.17) is 0 Å². The number of halogens is 1. The lowest BCUT2D eigenvalue weighted by Crippen LogP contribution is -2.51. The quantitative estimate of drug-likeness (QED) is 0.575. The number of hydrogen-bond donors (Lipinski definition) is 0. The maximum absolute atomic E-state index is 13.1. The van der Waals surface area contributed by atoms with Gasteiger partial charge in [0.25, 0.3) is 11.5 Å². The second-order valence-corrected chi connectivity index (χ2v) is 9.19. The third-order valence-electron chi connectivity index (χ3n) is 6.92. The molecule has 9 heteroatoms. The smallest absolute Gasteiger partial charge is 0.258 e. The van der Waals surface area contributed by atoms with E-state index in [-0.39, 0.29) is 29.1 Å². The molecule has 0 bridgehead atoms. The zero-order valence-electron chi connectivity index (χ0n) is 19.5. The van der Waals surface area contributed by atoms with Crippen LogP contribution in [0.4, 0.5) is 4.39 Å². The summed E-state index contributed by atoms with van der Waals surface area (Å²) in [4.78, 5) is 48.5. The molecule has 5 rings (SSSR count). The van der Waals surface area contributed by atoms with Crippen LogP contribution in [0.15, 0.2) is 59.5 Å². The van der Waals surface area contributed by atoms with Crippen LogP contribution in [0.1, 0.15) is 28.9 Å². The van der Waals surface area contributed by atoms with Crippen LogP contribution in [0.2, 0.25) is 0 Å². The van der Waals surface area contributed by atoms with Crippen molar-refractivity contribution in [3.8, 4) is 0 Å². The molecule has 0 unspecified atom stereocenters. The summed E-state index contributed by atoms with van der Waals surface area (Å²) in [6.07, 6.45) is 2.98. The Kier molecular flexibility index (Phi) is 6.59. The second-order valence-electron chi connectivity index (χ2n) is 9.19. The summed E-state index contributed by atoms with van der Waals surface area (Å²) in [6, 6.07) is 12.6. The molecular weight excluding hydrogens is 449 g/mol. The first-order valence-corrected chi connectivity index (χ1v) is 12.0. The van der Waals surface area contributed by atoms with E-state index in [0.29, 0.717) is 56.8 Å². The third-order valence-corrected chi connectivity index (χ3v) is 6.92. The average Bonchev–Trinajstić information content (AvgIpc) is 2.89. The van der Waals surface area contributed by atoms with E-state index in [1.165, 1.54) is 28.7 Å². The van der Waals surface area contributed by atoms with Crippen molar-refractivity contribution in [2.24, 2.45) is 5.92 Å². The van der Waals surface area contributed by atoms with Gasteiger partial charge in [0.05, 0.1) is 5.69 Å². The fourth-order valence-electron chi connectivity index (χ4n) is 4.90. The van der Waals surface area contributed by atoms with E-state index in [1.807, 2.05) is 17.0 Å². The minimum Gasteiger partial charge on any atom is -0.340 e. The normalized spacial score (nSPS) is 17.6. The third kappa shape index (κ3) is 5.09. The van der Waals surface area contributed by atoms with Gasteiger partial charge in [-0.15, -0.1) is 0 Å². The van der Waals surface area contributed by atoms with Crippen molar-refractivity contribution in [3.63, 3.8) is 0 Å². The van der Waals surface area contributed by atoms with Gasteiger partial charge >= 0.3 is 0 Å². The highest BCUT2D eigenvalue weighted by atomic mass is 19.1. The molecule has 35 heavy (non-hydrogen) atoms. The number of carbonyl (C=O) groups is 2. The fraction of sp³-hybridized carbons (Fsp3) is 0.385. The van der Waals surface area contributed by atoms with Gasteiger partial charge in [0.1, 0.15) is 11.5 Å². The predicted molar refractivity (Wildman–Crippen MR) is 128 cm³/mol. The van der Waals surface area contributed by atoms with Crippen molar-refractivity contribution in [2.45, 2.75) is 19.4 Å². The number of pyridine rings is 1. The highest BCUT2D eigenvalue weighted by molar-refractivity contribution is 5.94. The second kappa shape index (κ2) is 9.95. The number of piperazine rings is 1. The number of benzene rings is 1. The van der Waals surface area contributed by atoms with Crippen molar-refractivity contribution in [3.05, 3.63) is 82.2 Å². The Labute approximate surface area is 202 Å². The molecule has 0 radical (unpaired) electrons. The van der Waals surface area contributed by atoms with Crippen molar-refractivity contribution in [1.82, 2.24) is 24.1 Å². The monoisotopic (exact) mass is 477 g/mol. The Bertz CT molecular complexity index is 1280. The molecule has 0 N–H and O–H groups in total. The van der Waals surface area contributed by atoms with Gasteiger partial charge in [-0.3, -0.25) is 23.7 Å². The SMILES string of the molecule is O=C(c1ccc(F)cc1)N1CCC(C(=O)N2CCN(Cc3cc(=O)n4ccccc4n3)CC2)CC1. The molecular formula is C26H28FN5O3. The van der Waals surface area contributed by atoms with Gasteiger partial charge in [-0.05, 0) is 49.2 Å². The first-order chi connectivity index (χ1) is 17.0. The number of piperidine rings is 1. The minimum absolute atomic E-state index is 0.0824. The van der Waals surface area contributed by atoms with Gasteiger partial charge < -0.3 is 9.80 Å². The maximum Gasteiger partial charge on any atom is 0.258 e. The number of fused-ring (bicyclic) bond motifs is 1. The first kappa shape index (κ1) is 23.2. The van der Waals surface area contributed by atoms with E-state index in [0.717, 1.165) is 18.8 Å². The zero-order valence-corrected chi connectivity index (χ0v) is 19.5. The van der Waals surface area contributed by atoms with Gasteiger partial charge in [0, 0.05) is 69.6 Å². The van der Waals surface area contributed by atoms with Crippen molar-refractivity contribution in [2.75, 3.05) is 39.3 Å². The summed E-state index contributed by atoms with van der Waals surface area (Å²) in [6.45, 7) is 4.35. The highest BCUT2D eigenvalue weighted by Gasteiger charge is 2.32. The summed E-state index contributed by atoms with van der Waals surface area (Å²) < 4.78 is 14.7. The molecule has 1 aromatic carbocycles. The van der Waals surface area contributed by atoms with E-state index >= 15 is 0 Å².